The minimum Gasteiger partial charge on any atom is -0.445 e. The molecule has 0 aliphatic carbocycles. The number of nitrogens with zero attached hydrogens (tertiary/aromatic N) is 3. The number of hydrogen-bond acceptors (Lipinski definition) is 4. The Morgan fingerprint density at radius 3 is 2.93 bits per heavy atom. The highest BCUT2D eigenvalue weighted by Gasteiger charge is 2.28. The van der Waals surface area contributed by atoms with Crippen LogP contribution in [0.5, 0.6) is 0 Å². The summed E-state index contributed by atoms with van der Waals surface area (Å²) in [4.78, 5) is 22.9. The van der Waals surface area contributed by atoms with Gasteiger partial charge >= 0.3 is 0 Å². The van der Waals surface area contributed by atoms with Crippen molar-refractivity contribution < 1.29 is 13.6 Å². The van der Waals surface area contributed by atoms with Crippen LogP contribution in [0.4, 0.5) is 4.39 Å². The average Bonchev–Trinajstić information content (AvgIpc) is 3.19. The summed E-state index contributed by atoms with van der Waals surface area (Å²) in [6.45, 7) is 1.28. The zero-order valence-electron chi connectivity index (χ0n) is 14.8. The summed E-state index contributed by atoms with van der Waals surface area (Å²) in [6, 6.07) is 10.2. The van der Waals surface area contributed by atoms with Crippen LogP contribution < -0.4 is 0 Å². The second-order valence-corrected chi connectivity index (χ2v) is 6.77. The molecule has 6 heteroatoms. The molecule has 1 aromatic carbocycles. The smallest absolute Gasteiger partial charge is 0.255 e. The van der Waals surface area contributed by atoms with Crippen molar-refractivity contribution >= 4 is 5.91 Å². The summed E-state index contributed by atoms with van der Waals surface area (Å²) in [5.41, 5.74) is 1.17. The third-order valence-corrected chi connectivity index (χ3v) is 4.86. The Kier molecular flexibility index (Phi) is 4.96. The van der Waals surface area contributed by atoms with Crippen molar-refractivity contribution in [3.05, 3.63) is 83.6 Å². The molecule has 1 aliphatic heterocycles. The lowest BCUT2D eigenvalue weighted by atomic mass is 9.97. The van der Waals surface area contributed by atoms with Crippen LogP contribution in [0.15, 0.2) is 59.4 Å². The molecule has 5 nitrogen and oxygen atoms in total. The topological polar surface area (TPSA) is 59.2 Å². The number of carbonyl (C=O) groups excluding carboxylic acids is 1. The summed E-state index contributed by atoms with van der Waals surface area (Å²) in [5, 5.41) is 0. The Morgan fingerprint density at radius 1 is 1.22 bits per heavy atom. The number of hydrogen-bond donors (Lipinski definition) is 0. The number of likely N-dealkylation sites (tertiary alicyclic amines) is 1. The Balaban J connectivity index is 1.45. The highest BCUT2D eigenvalue weighted by atomic mass is 19.1. The molecular formula is C21H20FN3O2. The number of rotatable bonds is 4. The van der Waals surface area contributed by atoms with E-state index >= 15 is 0 Å². The molecule has 1 saturated heterocycles. The van der Waals surface area contributed by atoms with Gasteiger partial charge in [0.15, 0.2) is 5.89 Å². The molecule has 27 heavy (non-hydrogen) atoms. The highest BCUT2D eigenvalue weighted by molar-refractivity contribution is 5.93. The first-order valence-electron chi connectivity index (χ1n) is 9.08. The maximum absolute atomic E-state index is 13.8. The standard InChI is InChI=1S/C21H20FN3O2/c22-19-8-2-1-5-15(19)11-18-13-24-20(27-18)17-7-4-10-25(14-17)21(26)16-6-3-9-23-12-16/h1-3,5-6,8-9,12-13,17H,4,7,10-11,14H2. The van der Waals surface area contributed by atoms with Crippen molar-refractivity contribution in [2.75, 3.05) is 13.1 Å². The van der Waals surface area contributed by atoms with Crippen molar-refractivity contribution in [2.45, 2.75) is 25.2 Å². The van der Waals surface area contributed by atoms with Crippen LogP contribution in [0.2, 0.25) is 0 Å². The molecule has 1 unspecified atom stereocenters. The molecule has 0 spiro atoms. The van der Waals surface area contributed by atoms with Crippen LogP contribution in [-0.4, -0.2) is 33.9 Å². The van der Waals surface area contributed by atoms with Gasteiger partial charge in [-0.3, -0.25) is 9.78 Å². The van der Waals surface area contributed by atoms with Gasteiger partial charge in [-0.05, 0) is 36.6 Å². The number of oxazole rings is 1. The number of amides is 1. The molecule has 2 aromatic heterocycles. The van der Waals surface area contributed by atoms with Crippen LogP contribution in [0, 0.1) is 5.82 Å². The summed E-state index contributed by atoms with van der Waals surface area (Å²) >= 11 is 0. The van der Waals surface area contributed by atoms with E-state index in [0.29, 0.717) is 42.3 Å². The Hall–Kier alpha value is -3.02. The van der Waals surface area contributed by atoms with E-state index < -0.39 is 0 Å². The van der Waals surface area contributed by atoms with Crippen LogP contribution in [0.25, 0.3) is 0 Å². The van der Waals surface area contributed by atoms with Gasteiger partial charge in [0.25, 0.3) is 5.91 Å². The van der Waals surface area contributed by atoms with Gasteiger partial charge in [-0.1, -0.05) is 18.2 Å². The normalized spacial score (nSPS) is 17.1. The van der Waals surface area contributed by atoms with Crippen LogP contribution in [0.3, 0.4) is 0 Å². The number of aromatic nitrogens is 2. The van der Waals surface area contributed by atoms with Crippen molar-refractivity contribution in [1.82, 2.24) is 14.9 Å². The Morgan fingerprint density at radius 2 is 2.11 bits per heavy atom. The number of halogens is 1. The number of pyridine rings is 1. The monoisotopic (exact) mass is 365 g/mol. The summed E-state index contributed by atoms with van der Waals surface area (Å²) in [6.07, 6.45) is 7.07. The maximum atomic E-state index is 13.8. The molecule has 138 valence electrons. The van der Waals surface area contributed by atoms with E-state index in [1.165, 1.54) is 6.07 Å². The predicted molar refractivity (Wildman–Crippen MR) is 97.8 cm³/mol. The van der Waals surface area contributed by atoms with E-state index in [2.05, 4.69) is 9.97 Å². The molecule has 3 heterocycles. The minimum absolute atomic E-state index is 0.0223. The molecule has 3 aromatic rings. The van der Waals surface area contributed by atoms with Crippen molar-refractivity contribution in [2.24, 2.45) is 0 Å². The summed E-state index contributed by atoms with van der Waals surface area (Å²) in [5.74, 6) is 1.02. The third kappa shape index (κ3) is 3.89. The lowest BCUT2D eigenvalue weighted by Gasteiger charge is -2.31. The van der Waals surface area contributed by atoms with E-state index in [0.717, 1.165) is 12.8 Å². The molecule has 1 amide bonds. The van der Waals surface area contributed by atoms with Gasteiger partial charge in [0, 0.05) is 31.9 Å². The molecule has 1 atom stereocenters. The number of piperidine rings is 1. The van der Waals surface area contributed by atoms with E-state index in [9.17, 15) is 9.18 Å². The van der Waals surface area contributed by atoms with Crippen molar-refractivity contribution in [1.29, 1.82) is 0 Å². The van der Waals surface area contributed by atoms with Gasteiger partial charge in [0.1, 0.15) is 11.6 Å². The summed E-state index contributed by atoms with van der Waals surface area (Å²) < 4.78 is 19.7. The molecular weight excluding hydrogens is 345 g/mol. The number of benzene rings is 1. The van der Waals surface area contributed by atoms with E-state index in [1.54, 1.807) is 48.9 Å². The molecule has 0 saturated carbocycles. The Bertz CT molecular complexity index is 926. The maximum Gasteiger partial charge on any atom is 0.255 e. The Labute approximate surface area is 156 Å². The van der Waals surface area contributed by atoms with Crippen LogP contribution >= 0.6 is 0 Å². The first-order chi connectivity index (χ1) is 13.2. The number of carbonyl (C=O) groups is 1. The SMILES string of the molecule is O=C(c1cccnc1)N1CCCC(c2ncc(Cc3ccccc3F)o2)C1. The first kappa shape index (κ1) is 17.4. The van der Waals surface area contributed by atoms with Crippen molar-refractivity contribution in [3.63, 3.8) is 0 Å². The molecule has 0 radical (unpaired) electrons. The van der Waals surface area contributed by atoms with Crippen LogP contribution in [0.1, 0.15) is 46.3 Å². The second kappa shape index (κ2) is 7.70. The molecule has 1 fully saturated rings. The molecule has 1 aliphatic rings. The van der Waals surface area contributed by atoms with Gasteiger partial charge in [-0.25, -0.2) is 9.37 Å². The largest absolute Gasteiger partial charge is 0.445 e. The zero-order valence-corrected chi connectivity index (χ0v) is 14.8. The fourth-order valence-electron chi connectivity index (χ4n) is 3.46. The lowest BCUT2D eigenvalue weighted by Crippen LogP contribution is -2.39. The quantitative estimate of drug-likeness (QED) is 0.705. The van der Waals surface area contributed by atoms with Gasteiger partial charge in [0.05, 0.1) is 17.7 Å². The van der Waals surface area contributed by atoms with Gasteiger partial charge in [0.2, 0.25) is 0 Å². The molecule has 0 bridgehead atoms. The first-order valence-corrected chi connectivity index (χ1v) is 9.08. The van der Waals surface area contributed by atoms with Gasteiger partial charge in [-0.2, -0.15) is 0 Å². The van der Waals surface area contributed by atoms with E-state index in [-0.39, 0.29) is 17.6 Å². The summed E-state index contributed by atoms with van der Waals surface area (Å²) in [7, 11) is 0. The molecule has 0 N–H and O–H groups in total. The molecule has 4 rings (SSSR count). The second-order valence-electron chi connectivity index (χ2n) is 6.77. The lowest BCUT2D eigenvalue weighted by molar-refractivity contribution is 0.0697. The fraction of sp³-hybridized carbons (Fsp3) is 0.286. The average molecular weight is 365 g/mol. The van der Waals surface area contributed by atoms with Gasteiger partial charge < -0.3 is 9.32 Å². The minimum atomic E-state index is -0.249. The fourth-order valence-corrected chi connectivity index (χ4v) is 3.46. The van der Waals surface area contributed by atoms with Crippen LogP contribution in [-0.2, 0) is 6.42 Å². The third-order valence-electron chi connectivity index (χ3n) is 4.86. The predicted octanol–water partition coefficient (Wildman–Crippen LogP) is 3.82. The van der Waals surface area contributed by atoms with E-state index in [4.69, 9.17) is 4.42 Å². The van der Waals surface area contributed by atoms with E-state index in [1.807, 2.05) is 4.90 Å². The van der Waals surface area contributed by atoms with Gasteiger partial charge in [-0.15, -0.1) is 0 Å². The zero-order chi connectivity index (χ0) is 18.6. The van der Waals surface area contributed by atoms with Crippen molar-refractivity contribution in [3.8, 4) is 0 Å². The highest BCUT2D eigenvalue weighted by Crippen LogP contribution is 2.28.